The lowest BCUT2D eigenvalue weighted by Crippen LogP contribution is -2.48. The van der Waals surface area contributed by atoms with Gasteiger partial charge in [-0.15, -0.1) is 0 Å². The zero-order valence-electron chi connectivity index (χ0n) is 16.2. The number of amides is 1. The second-order valence-corrected chi connectivity index (χ2v) is 8.48. The normalized spacial score (nSPS) is 12.4. The maximum Gasteiger partial charge on any atom is 0.241 e. The first-order valence-electron chi connectivity index (χ1n) is 9.49. The first-order valence-corrected chi connectivity index (χ1v) is 11.0. The second-order valence-electron chi connectivity index (χ2n) is 6.76. The fraction of sp³-hybridized carbons (Fsp3) is 0.238. The average molecular weight is 431 g/mol. The Hall–Kier alpha value is -3.04. The van der Waals surface area contributed by atoms with Crippen molar-refractivity contribution in [1.82, 2.24) is 19.6 Å². The molecule has 7 nitrogen and oxygen atoms in total. The lowest BCUT2D eigenvalue weighted by atomic mass is 10.1. The van der Waals surface area contributed by atoms with Gasteiger partial charge in [0, 0.05) is 25.5 Å². The van der Waals surface area contributed by atoms with Crippen molar-refractivity contribution in [2.24, 2.45) is 0 Å². The van der Waals surface area contributed by atoms with Crippen LogP contribution in [-0.4, -0.2) is 36.5 Å². The number of rotatable bonds is 10. The van der Waals surface area contributed by atoms with E-state index in [4.69, 9.17) is 0 Å². The molecule has 1 heterocycles. The van der Waals surface area contributed by atoms with Crippen LogP contribution in [0.2, 0.25) is 0 Å². The predicted octanol–water partition coefficient (Wildman–Crippen LogP) is 2.12. The van der Waals surface area contributed by atoms with Crippen molar-refractivity contribution in [3.8, 4) is 0 Å². The van der Waals surface area contributed by atoms with Crippen LogP contribution in [-0.2, 0) is 27.8 Å². The SMILES string of the molecule is O=C(NCCCn1ccnc1)C(Cc1ccccc1)NS(=O)(=O)c1ccc(F)cc1. The summed E-state index contributed by atoms with van der Waals surface area (Å²) in [5.74, 6) is -0.958. The Bertz CT molecular complexity index is 1040. The van der Waals surface area contributed by atoms with E-state index in [1.54, 1.807) is 12.5 Å². The lowest BCUT2D eigenvalue weighted by Gasteiger charge is -2.19. The van der Waals surface area contributed by atoms with Crippen molar-refractivity contribution in [3.05, 3.63) is 84.7 Å². The summed E-state index contributed by atoms with van der Waals surface area (Å²) in [6.07, 6.45) is 6.06. The van der Waals surface area contributed by atoms with Crippen LogP contribution in [0, 0.1) is 5.82 Å². The van der Waals surface area contributed by atoms with Gasteiger partial charge in [-0.1, -0.05) is 30.3 Å². The van der Waals surface area contributed by atoms with Crippen LogP contribution in [0.15, 0.2) is 78.2 Å². The zero-order chi connectivity index (χ0) is 21.4. The second kappa shape index (κ2) is 10.1. The minimum Gasteiger partial charge on any atom is -0.355 e. The monoisotopic (exact) mass is 430 g/mol. The quantitative estimate of drug-likeness (QED) is 0.482. The van der Waals surface area contributed by atoms with Gasteiger partial charge >= 0.3 is 0 Å². The molecule has 30 heavy (non-hydrogen) atoms. The number of carbonyl (C=O) groups is 1. The van der Waals surface area contributed by atoms with Gasteiger partial charge in [-0.3, -0.25) is 4.79 Å². The van der Waals surface area contributed by atoms with Crippen LogP contribution in [0.25, 0.3) is 0 Å². The Morgan fingerprint density at radius 1 is 1.10 bits per heavy atom. The Morgan fingerprint density at radius 2 is 1.83 bits per heavy atom. The molecule has 0 saturated heterocycles. The number of aryl methyl sites for hydroxylation is 1. The summed E-state index contributed by atoms with van der Waals surface area (Å²) in [6, 6.07) is 12.6. The zero-order valence-corrected chi connectivity index (χ0v) is 17.1. The maximum absolute atomic E-state index is 13.1. The third kappa shape index (κ3) is 6.23. The molecule has 1 aromatic heterocycles. The molecule has 1 unspecified atom stereocenters. The minimum atomic E-state index is -4.00. The van der Waals surface area contributed by atoms with Gasteiger partial charge in [0.1, 0.15) is 11.9 Å². The number of sulfonamides is 1. The summed E-state index contributed by atoms with van der Waals surface area (Å²) in [5.41, 5.74) is 0.817. The molecule has 1 amide bonds. The van der Waals surface area contributed by atoms with Crippen LogP contribution in [0.1, 0.15) is 12.0 Å². The summed E-state index contributed by atoms with van der Waals surface area (Å²) >= 11 is 0. The van der Waals surface area contributed by atoms with Gasteiger partial charge in [0.05, 0.1) is 11.2 Å². The lowest BCUT2D eigenvalue weighted by molar-refractivity contribution is -0.122. The highest BCUT2D eigenvalue weighted by molar-refractivity contribution is 7.89. The molecule has 1 atom stereocenters. The highest BCUT2D eigenvalue weighted by Crippen LogP contribution is 2.12. The molecule has 0 bridgehead atoms. The van der Waals surface area contributed by atoms with Crippen molar-refractivity contribution >= 4 is 15.9 Å². The molecule has 0 aliphatic rings. The molecule has 0 saturated carbocycles. The topological polar surface area (TPSA) is 93.1 Å². The van der Waals surface area contributed by atoms with Crippen molar-refractivity contribution in [2.45, 2.75) is 30.3 Å². The Balaban J connectivity index is 1.67. The number of hydrogen-bond donors (Lipinski definition) is 2. The third-order valence-electron chi connectivity index (χ3n) is 4.47. The Morgan fingerprint density at radius 3 is 2.50 bits per heavy atom. The van der Waals surface area contributed by atoms with Gasteiger partial charge in [-0.25, -0.2) is 17.8 Å². The number of aromatic nitrogens is 2. The van der Waals surface area contributed by atoms with Crippen molar-refractivity contribution in [1.29, 1.82) is 0 Å². The van der Waals surface area contributed by atoms with Gasteiger partial charge in [0.15, 0.2) is 0 Å². The molecule has 0 aliphatic heterocycles. The largest absolute Gasteiger partial charge is 0.355 e. The standard InChI is InChI=1S/C21H23FN4O3S/c22-18-7-9-19(10-8-18)30(28,29)25-20(15-17-5-2-1-3-6-17)21(27)24-11-4-13-26-14-12-23-16-26/h1-3,5-10,12,14,16,20,25H,4,11,13,15H2,(H,24,27). The van der Waals surface area contributed by atoms with Crippen molar-refractivity contribution in [2.75, 3.05) is 6.54 Å². The van der Waals surface area contributed by atoms with Crippen molar-refractivity contribution < 1.29 is 17.6 Å². The average Bonchev–Trinajstić information content (AvgIpc) is 3.25. The summed E-state index contributed by atoms with van der Waals surface area (Å²) in [7, 11) is -4.00. The van der Waals surface area contributed by atoms with E-state index in [1.807, 2.05) is 41.1 Å². The summed E-state index contributed by atoms with van der Waals surface area (Å²) in [5, 5.41) is 2.79. The third-order valence-corrected chi connectivity index (χ3v) is 5.96. The van der Waals surface area contributed by atoms with E-state index in [0.717, 1.165) is 17.7 Å². The number of benzene rings is 2. The van der Waals surface area contributed by atoms with Crippen molar-refractivity contribution in [3.63, 3.8) is 0 Å². The van der Waals surface area contributed by atoms with E-state index in [1.165, 1.54) is 12.1 Å². The van der Waals surface area contributed by atoms with E-state index in [9.17, 15) is 17.6 Å². The maximum atomic E-state index is 13.1. The van der Waals surface area contributed by atoms with E-state index in [-0.39, 0.29) is 11.3 Å². The Labute approximate surface area is 175 Å². The molecule has 9 heteroatoms. The van der Waals surface area contributed by atoms with Crippen LogP contribution < -0.4 is 10.0 Å². The number of nitrogens with one attached hydrogen (secondary N) is 2. The Kier molecular flexibility index (Phi) is 7.31. The molecule has 0 aliphatic carbocycles. The van der Waals surface area contributed by atoms with E-state index in [2.05, 4.69) is 15.0 Å². The summed E-state index contributed by atoms with van der Waals surface area (Å²) in [4.78, 5) is 16.6. The van der Waals surface area contributed by atoms with Gasteiger partial charge < -0.3 is 9.88 Å². The highest BCUT2D eigenvalue weighted by Gasteiger charge is 2.26. The number of nitrogens with zero attached hydrogens (tertiary/aromatic N) is 2. The number of carbonyl (C=O) groups excluding carboxylic acids is 1. The van der Waals surface area contributed by atoms with E-state index >= 15 is 0 Å². The van der Waals surface area contributed by atoms with Gasteiger partial charge in [-0.05, 0) is 42.7 Å². The molecular weight excluding hydrogens is 407 g/mol. The van der Waals surface area contributed by atoms with Crippen LogP contribution in [0.5, 0.6) is 0 Å². The van der Waals surface area contributed by atoms with Gasteiger partial charge in [0.25, 0.3) is 0 Å². The highest BCUT2D eigenvalue weighted by atomic mass is 32.2. The predicted molar refractivity (Wildman–Crippen MR) is 111 cm³/mol. The van der Waals surface area contributed by atoms with Crippen LogP contribution >= 0.6 is 0 Å². The summed E-state index contributed by atoms with van der Waals surface area (Å²) < 4.78 is 42.9. The smallest absolute Gasteiger partial charge is 0.241 e. The molecule has 0 radical (unpaired) electrons. The molecule has 2 aromatic carbocycles. The van der Waals surface area contributed by atoms with Gasteiger partial charge in [-0.2, -0.15) is 4.72 Å². The number of hydrogen-bond acceptors (Lipinski definition) is 4. The first kappa shape index (κ1) is 21.7. The van der Waals surface area contributed by atoms with E-state index in [0.29, 0.717) is 19.5 Å². The molecule has 3 rings (SSSR count). The molecular formula is C21H23FN4O3S. The fourth-order valence-electron chi connectivity index (χ4n) is 2.92. The molecule has 0 fully saturated rings. The molecule has 2 N–H and O–H groups in total. The fourth-order valence-corrected chi connectivity index (χ4v) is 4.12. The number of imidazole rings is 1. The molecule has 0 spiro atoms. The van der Waals surface area contributed by atoms with E-state index < -0.39 is 27.8 Å². The minimum absolute atomic E-state index is 0.102. The van der Waals surface area contributed by atoms with Crippen LogP contribution in [0.3, 0.4) is 0 Å². The first-order chi connectivity index (χ1) is 14.4. The molecule has 158 valence electrons. The molecule has 3 aromatic rings. The van der Waals surface area contributed by atoms with Crippen LogP contribution in [0.4, 0.5) is 4.39 Å². The summed E-state index contributed by atoms with van der Waals surface area (Å²) in [6.45, 7) is 1.07. The number of halogens is 1. The van der Waals surface area contributed by atoms with Gasteiger partial charge in [0.2, 0.25) is 15.9 Å².